The monoisotopic (exact) mass is 360 g/mol. The van der Waals surface area contributed by atoms with Crippen molar-refractivity contribution in [3.8, 4) is 0 Å². The number of hydrogen-bond acceptors (Lipinski definition) is 5. The quantitative estimate of drug-likeness (QED) is 0.674. The fourth-order valence-corrected chi connectivity index (χ4v) is 3.78. The summed E-state index contributed by atoms with van der Waals surface area (Å²) < 4.78 is 29.4. The van der Waals surface area contributed by atoms with Crippen LogP contribution in [0.4, 0.5) is 14.5 Å². The van der Waals surface area contributed by atoms with Crippen LogP contribution in [0.1, 0.15) is 31.5 Å². The van der Waals surface area contributed by atoms with Crippen LogP contribution in [-0.4, -0.2) is 21.4 Å². The van der Waals surface area contributed by atoms with Crippen LogP contribution >= 0.6 is 0 Å². The molecule has 2 aromatic rings. The Hall–Kier alpha value is -2.45. The van der Waals surface area contributed by atoms with Crippen molar-refractivity contribution in [2.45, 2.75) is 37.4 Å². The van der Waals surface area contributed by atoms with Gasteiger partial charge in [-0.25, -0.2) is 18.4 Å². The van der Waals surface area contributed by atoms with E-state index < -0.39 is 17.3 Å². The van der Waals surface area contributed by atoms with Gasteiger partial charge in [-0.15, -0.1) is 0 Å². The molecule has 1 aliphatic heterocycles. The summed E-state index contributed by atoms with van der Waals surface area (Å²) in [6, 6.07) is 4.22. The Balaban J connectivity index is 1.68. The van der Waals surface area contributed by atoms with Gasteiger partial charge in [-0.3, -0.25) is 0 Å². The molecule has 2 heterocycles. The molecule has 26 heavy (non-hydrogen) atoms. The molecule has 1 unspecified atom stereocenters. The summed E-state index contributed by atoms with van der Waals surface area (Å²) in [7, 11) is 0. The largest absolute Gasteiger partial charge is 0.350 e. The zero-order chi connectivity index (χ0) is 18.3. The SMILES string of the molecule is NC1CCC(C2(N)C=C(Nc3cccc(F)c3F)c3nccn3N2)CC1. The number of imidazole rings is 1. The predicted octanol–water partition coefficient (Wildman–Crippen LogP) is 2.34. The van der Waals surface area contributed by atoms with E-state index in [1.165, 1.54) is 12.1 Å². The zero-order valence-electron chi connectivity index (χ0n) is 14.3. The summed E-state index contributed by atoms with van der Waals surface area (Å²) in [5.41, 5.74) is 15.7. The van der Waals surface area contributed by atoms with Gasteiger partial charge in [0.1, 0.15) is 5.66 Å². The lowest BCUT2D eigenvalue weighted by molar-refractivity contribution is 0.239. The van der Waals surface area contributed by atoms with Crippen molar-refractivity contribution in [1.82, 2.24) is 9.66 Å². The van der Waals surface area contributed by atoms with Gasteiger partial charge in [0.05, 0.1) is 11.4 Å². The molecule has 0 radical (unpaired) electrons. The highest BCUT2D eigenvalue weighted by atomic mass is 19.2. The Labute approximate surface area is 150 Å². The molecule has 1 aliphatic carbocycles. The Morgan fingerprint density at radius 1 is 1.23 bits per heavy atom. The Kier molecular flexibility index (Phi) is 4.16. The summed E-state index contributed by atoms with van der Waals surface area (Å²) in [4.78, 5) is 4.29. The maximum absolute atomic E-state index is 14.1. The van der Waals surface area contributed by atoms with Crippen LogP contribution in [0.3, 0.4) is 0 Å². The first-order chi connectivity index (χ1) is 12.5. The van der Waals surface area contributed by atoms with Crippen LogP contribution in [0.5, 0.6) is 0 Å². The molecule has 1 atom stereocenters. The second-order valence-corrected chi connectivity index (χ2v) is 7.06. The molecule has 1 fully saturated rings. The second kappa shape index (κ2) is 6.37. The molecule has 6 N–H and O–H groups in total. The maximum Gasteiger partial charge on any atom is 0.182 e. The Morgan fingerprint density at radius 2 is 2.00 bits per heavy atom. The molecule has 1 aromatic carbocycles. The molecule has 2 aliphatic rings. The predicted molar refractivity (Wildman–Crippen MR) is 96.4 cm³/mol. The third-order valence-corrected chi connectivity index (χ3v) is 5.25. The van der Waals surface area contributed by atoms with E-state index in [1.54, 1.807) is 17.1 Å². The topological polar surface area (TPSA) is 93.9 Å². The third-order valence-electron chi connectivity index (χ3n) is 5.25. The lowest BCUT2D eigenvalue weighted by Crippen LogP contribution is -2.58. The van der Waals surface area contributed by atoms with E-state index >= 15 is 0 Å². The normalized spacial score (nSPS) is 28.1. The molecule has 1 aromatic heterocycles. The number of aromatic nitrogens is 2. The number of anilines is 1. The highest BCUT2D eigenvalue weighted by molar-refractivity contribution is 5.76. The van der Waals surface area contributed by atoms with Crippen molar-refractivity contribution < 1.29 is 8.78 Å². The lowest BCUT2D eigenvalue weighted by Gasteiger charge is -2.42. The van der Waals surface area contributed by atoms with Gasteiger partial charge >= 0.3 is 0 Å². The van der Waals surface area contributed by atoms with Crippen LogP contribution in [0.25, 0.3) is 5.70 Å². The van der Waals surface area contributed by atoms with Crippen molar-refractivity contribution in [2.24, 2.45) is 17.4 Å². The molecule has 0 saturated heterocycles. The van der Waals surface area contributed by atoms with Gasteiger partial charge in [-0.2, -0.15) is 0 Å². The van der Waals surface area contributed by atoms with Crippen molar-refractivity contribution in [2.75, 3.05) is 10.7 Å². The number of nitrogens with one attached hydrogen (secondary N) is 2. The van der Waals surface area contributed by atoms with E-state index in [0.29, 0.717) is 11.5 Å². The molecule has 0 amide bonds. The maximum atomic E-state index is 14.1. The summed E-state index contributed by atoms with van der Waals surface area (Å²) >= 11 is 0. The molecule has 1 saturated carbocycles. The van der Waals surface area contributed by atoms with Gasteiger partial charge in [0.2, 0.25) is 0 Å². The Bertz CT molecular complexity index is 840. The van der Waals surface area contributed by atoms with Gasteiger partial charge in [0.15, 0.2) is 17.5 Å². The minimum atomic E-state index is -0.934. The summed E-state index contributed by atoms with van der Waals surface area (Å²) in [5, 5.41) is 2.95. The smallest absolute Gasteiger partial charge is 0.182 e. The minimum Gasteiger partial charge on any atom is -0.350 e. The highest BCUT2D eigenvalue weighted by Crippen LogP contribution is 2.35. The summed E-state index contributed by atoms with van der Waals surface area (Å²) in [5.74, 6) is -1.11. The van der Waals surface area contributed by atoms with E-state index in [4.69, 9.17) is 11.5 Å². The number of halogens is 2. The van der Waals surface area contributed by atoms with Gasteiger partial charge in [0, 0.05) is 24.4 Å². The van der Waals surface area contributed by atoms with Crippen LogP contribution in [0.2, 0.25) is 0 Å². The average Bonchev–Trinajstić information content (AvgIpc) is 3.07. The molecule has 8 heteroatoms. The van der Waals surface area contributed by atoms with Gasteiger partial charge < -0.3 is 22.2 Å². The van der Waals surface area contributed by atoms with Crippen molar-refractivity contribution in [3.63, 3.8) is 0 Å². The fourth-order valence-electron chi connectivity index (χ4n) is 3.78. The average molecular weight is 360 g/mol. The summed E-state index contributed by atoms with van der Waals surface area (Å²) in [6.07, 6.45) is 8.82. The standard InChI is InChI=1S/C18H22F2N6/c19-13-2-1-3-14(16(13)20)24-15-10-18(22,11-4-6-12(21)7-5-11)25-26-9-8-23-17(15)26/h1-3,8-12,24-25H,4-7,21-22H2. The number of benzene rings is 1. The second-order valence-electron chi connectivity index (χ2n) is 7.06. The molecular formula is C18H22F2N6. The van der Waals surface area contributed by atoms with E-state index in [9.17, 15) is 8.78 Å². The molecular weight excluding hydrogens is 338 g/mol. The van der Waals surface area contributed by atoms with E-state index in [2.05, 4.69) is 15.7 Å². The number of nitrogens with two attached hydrogens (primary N) is 2. The van der Waals surface area contributed by atoms with Gasteiger partial charge in [0.25, 0.3) is 0 Å². The summed E-state index contributed by atoms with van der Waals surface area (Å²) in [6.45, 7) is 0. The van der Waals surface area contributed by atoms with Crippen molar-refractivity contribution in [3.05, 3.63) is 54.1 Å². The zero-order valence-corrected chi connectivity index (χ0v) is 14.3. The van der Waals surface area contributed by atoms with E-state index in [1.807, 2.05) is 6.08 Å². The Morgan fingerprint density at radius 3 is 2.77 bits per heavy atom. The van der Waals surface area contributed by atoms with Crippen LogP contribution in [-0.2, 0) is 0 Å². The number of rotatable bonds is 3. The molecule has 138 valence electrons. The highest BCUT2D eigenvalue weighted by Gasteiger charge is 2.39. The lowest BCUT2D eigenvalue weighted by atomic mass is 9.78. The van der Waals surface area contributed by atoms with Crippen molar-refractivity contribution >= 4 is 11.4 Å². The van der Waals surface area contributed by atoms with Crippen LogP contribution in [0, 0.1) is 17.6 Å². The van der Waals surface area contributed by atoms with Gasteiger partial charge in [-0.05, 0) is 43.9 Å². The van der Waals surface area contributed by atoms with Crippen LogP contribution in [0.15, 0.2) is 36.7 Å². The van der Waals surface area contributed by atoms with E-state index in [-0.39, 0.29) is 17.6 Å². The number of hydrogen-bond donors (Lipinski definition) is 4. The number of nitrogens with zero attached hydrogens (tertiary/aromatic N) is 2. The van der Waals surface area contributed by atoms with Gasteiger partial charge in [-0.1, -0.05) is 6.07 Å². The number of fused-ring (bicyclic) bond motifs is 1. The first-order valence-corrected chi connectivity index (χ1v) is 8.76. The molecule has 0 spiro atoms. The molecule has 0 bridgehead atoms. The fraction of sp³-hybridized carbons (Fsp3) is 0.389. The van der Waals surface area contributed by atoms with Crippen molar-refractivity contribution in [1.29, 1.82) is 0 Å². The minimum absolute atomic E-state index is 0.0423. The molecule has 4 rings (SSSR count). The van der Waals surface area contributed by atoms with E-state index in [0.717, 1.165) is 31.7 Å². The first-order valence-electron chi connectivity index (χ1n) is 8.76. The van der Waals surface area contributed by atoms with Crippen LogP contribution < -0.4 is 22.2 Å². The third kappa shape index (κ3) is 2.95. The first kappa shape index (κ1) is 17.0. The molecule has 6 nitrogen and oxygen atoms in total.